The zero-order chi connectivity index (χ0) is 20.6. The van der Waals surface area contributed by atoms with Crippen LogP contribution in [0.3, 0.4) is 0 Å². The molecule has 1 aromatic rings. The maximum Gasteiger partial charge on any atom is 0.524 e. The standard InChI is InChI=1S/C20H24ClO7P/c1-3-13-4-5-16(17(21)18(13)26-29(22,23)24)20(25-2)19(27-28-20)14-7-11-6-12(9-14)10-15(19)8-11/h3-5,11-12,14-15H,1,6-10H2,2H3,(H2,22,23,24). The van der Waals surface area contributed by atoms with Crippen LogP contribution in [0.1, 0.15) is 43.2 Å². The van der Waals surface area contributed by atoms with E-state index >= 15 is 0 Å². The van der Waals surface area contributed by atoms with Gasteiger partial charge in [0.05, 0.1) is 5.02 Å². The number of ether oxygens (including phenoxy) is 1. The second kappa shape index (κ2) is 6.54. The van der Waals surface area contributed by atoms with Crippen LogP contribution in [0.2, 0.25) is 5.02 Å². The van der Waals surface area contributed by atoms with Gasteiger partial charge in [0.25, 0.3) is 5.79 Å². The van der Waals surface area contributed by atoms with E-state index in [4.69, 9.17) is 30.6 Å². The lowest BCUT2D eigenvalue weighted by molar-refractivity contribution is -0.645. The predicted octanol–water partition coefficient (Wildman–Crippen LogP) is 4.41. The number of hydrogen-bond donors (Lipinski definition) is 2. The van der Waals surface area contributed by atoms with Crippen molar-refractivity contribution in [3.05, 3.63) is 34.9 Å². The summed E-state index contributed by atoms with van der Waals surface area (Å²) >= 11 is 6.64. The summed E-state index contributed by atoms with van der Waals surface area (Å²) in [5.74, 6) is 0.614. The molecule has 2 N–H and O–H groups in total. The molecule has 6 rings (SSSR count). The molecule has 4 aliphatic carbocycles. The van der Waals surface area contributed by atoms with Gasteiger partial charge in [-0.05, 0) is 55.8 Å². The topological polar surface area (TPSA) is 94.5 Å². The second-order valence-electron chi connectivity index (χ2n) is 8.72. The monoisotopic (exact) mass is 442 g/mol. The molecule has 7 nitrogen and oxygen atoms in total. The van der Waals surface area contributed by atoms with Crippen molar-refractivity contribution in [2.24, 2.45) is 23.7 Å². The van der Waals surface area contributed by atoms with Crippen molar-refractivity contribution in [3.63, 3.8) is 0 Å². The van der Waals surface area contributed by atoms with E-state index in [0.717, 1.165) is 25.7 Å². The Morgan fingerprint density at radius 2 is 1.79 bits per heavy atom. The van der Waals surface area contributed by atoms with Crippen LogP contribution in [0.5, 0.6) is 5.75 Å². The van der Waals surface area contributed by atoms with E-state index in [-0.39, 0.29) is 22.6 Å². The lowest BCUT2D eigenvalue weighted by Crippen LogP contribution is -2.76. The van der Waals surface area contributed by atoms with Gasteiger partial charge >= 0.3 is 7.82 Å². The first-order chi connectivity index (χ1) is 13.7. The Bertz CT molecular complexity index is 880. The number of hydrogen-bond acceptors (Lipinski definition) is 5. The first kappa shape index (κ1) is 20.0. The van der Waals surface area contributed by atoms with Crippen molar-refractivity contribution in [2.75, 3.05) is 7.11 Å². The Labute approximate surface area is 174 Å². The molecule has 0 aromatic heterocycles. The number of rotatable bonds is 5. The molecule has 0 amide bonds. The summed E-state index contributed by atoms with van der Waals surface area (Å²) in [5, 5.41) is 0.0315. The molecule has 29 heavy (non-hydrogen) atoms. The number of phosphoric acid groups is 1. The van der Waals surface area contributed by atoms with E-state index in [9.17, 15) is 14.4 Å². The first-order valence-corrected chi connectivity index (χ1v) is 11.8. The Kier molecular flexibility index (Phi) is 4.51. The highest BCUT2D eigenvalue weighted by Gasteiger charge is 2.77. The third kappa shape index (κ3) is 2.66. The van der Waals surface area contributed by atoms with Gasteiger partial charge in [-0.25, -0.2) is 9.45 Å². The minimum atomic E-state index is -4.83. The number of phosphoric ester groups is 1. The molecule has 1 atom stereocenters. The maximum absolute atomic E-state index is 11.5. The normalized spacial score (nSPS) is 40.1. The van der Waals surface area contributed by atoms with E-state index in [1.54, 1.807) is 19.2 Å². The third-order valence-corrected chi connectivity index (χ3v) is 8.16. The van der Waals surface area contributed by atoms with E-state index in [2.05, 4.69) is 6.58 Å². The summed E-state index contributed by atoms with van der Waals surface area (Å²) in [7, 11) is -3.28. The zero-order valence-corrected chi connectivity index (χ0v) is 17.7. The summed E-state index contributed by atoms with van der Waals surface area (Å²) in [6, 6.07) is 3.39. The molecule has 4 saturated carbocycles. The Balaban J connectivity index is 1.64. The van der Waals surface area contributed by atoms with Crippen LogP contribution in [0.4, 0.5) is 0 Å². The minimum absolute atomic E-state index is 0.0315. The van der Waals surface area contributed by atoms with Crippen LogP contribution in [0.25, 0.3) is 6.08 Å². The lowest BCUT2D eigenvalue weighted by atomic mass is 9.47. The molecule has 5 fully saturated rings. The van der Waals surface area contributed by atoms with Crippen LogP contribution in [0.15, 0.2) is 18.7 Å². The average Bonchev–Trinajstić information content (AvgIpc) is 2.63. The maximum atomic E-state index is 11.5. The average molecular weight is 443 g/mol. The highest BCUT2D eigenvalue weighted by molar-refractivity contribution is 7.46. The van der Waals surface area contributed by atoms with Gasteiger partial charge in [0.2, 0.25) is 0 Å². The molecule has 9 heteroatoms. The van der Waals surface area contributed by atoms with E-state index in [1.807, 2.05) is 0 Å². The summed E-state index contributed by atoms with van der Waals surface area (Å²) in [6.45, 7) is 3.67. The molecule has 1 saturated heterocycles. The van der Waals surface area contributed by atoms with Crippen LogP contribution >= 0.6 is 19.4 Å². The van der Waals surface area contributed by atoms with Crippen LogP contribution in [-0.2, 0) is 24.9 Å². The third-order valence-electron chi connectivity index (χ3n) is 7.36. The molecule has 158 valence electrons. The predicted molar refractivity (Wildman–Crippen MR) is 105 cm³/mol. The Hall–Kier alpha value is -0.920. The zero-order valence-electron chi connectivity index (χ0n) is 16.0. The number of methoxy groups -OCH3 is 1. The van der Waals surface area contributed by atoms with Crippen molar-refractivity contribution in [3.8, 4) is 5.75 Å². The van der Waals surface area contributed by atoms with Gasteiger partial charge in [0.15, 0.2) is 11.4 Å². The molecule has 1 heterocycles. The summed E-state index contributed by atoms with van der Waals surface area (Å²) in [5.41, 5.74) is 0.163. The Morgan fingerprint density at radius 1 is 1.17 bits per heavy atom. The van der Waals surface area contributed by atoms with Gasteiger partial charge in [0, 0.05) is 18.2 Å². The summed E-state index contributed by atoms with van der Waals surface area (Å²) in [4.78, 5) is 30.3. The molecule has 4 bridgehead atoms. The number of halogens is 1. The van der Waals surface area contributed by atoms with Gasteiger partial charge in [-0.3, -0.25) is 9.79 Å². The second-order valence-corrected chi connectivity index (χ2v) is 10.3. The molecular weight excluding hydrogens is 419 g/mol. The highest BCUT2D eigenvalue weighted by Crippen LogP contribution is 2.70. The van der Waals surface area contributed by atoms with Gasteiger partial charge in [-0.2, -0.15) is 4.89 Å². The van der Waals surface area contributed by atoms with Crippen molar-refractivity contribution in [2.45, 2.75) is 43.5 Å². The minimum Gasteiger partial charge on any atom is -0.402 e. The first-order valence-electron chi connectivity index (χ1n) is 9.86. The van der Waals surface area contributed by atoms with E-state index < -0.39 is 19.2 Å². The van der Waals surface area contributed by atoms with E-state index in [1.165, 1.54) is 12.5 Å². The fourth-order valence-electron chi connectivity index (χ4n) is 6.53. The van der Waals surface area contributed by atoms with Crippen molar-refractivity contribution in [1.29, 1.82) is 0 Å². The molecule has 1 aromatic carbocycles. The molecule has 5 aliphatic rings. The van der Waals surface area contributed by atoms with Gasteiger partial charge < -0.3 is 9.26 Å². The summed E-state index contributed by atoms with van der Waals surface area (Å²) in [6.07, 6.45) is 6.98. The fraction of sp³-hybridized carbons (Fsp3) is 0.600. The largest absolute Gasteiger partial charge is 0.524 e. The quantitative estimate of drug-likeness (QED) is 0.515. The van der Waals surface area contributed by atoms with Gasteiger partial charge in [-0.1, -0.05) is 36.4 Å². The molecule has 0 radical (unpaired) electrons. The SMILES string of the molecule is C=Cc1ccc(C2(OC)OOC23C2CC4CC(C2)CC3C4)c(Cl)c1OP(=O)(O)O. The van der Waals surface area contributed by atoms with Gasteiger partial charge in [0.1, 0.15) is 0 Å². The smallest absolute Gasteiger partial charge is 0.402 e. The van der Waals surface area contributed by atoms with Crippen LogP contribution < -0.4 is 4.52 Å². The van der Waals surface area contributed by atoms with Crippen molar-refractivity contribution in [1.82, 2.24) is 0 Å². The van der Waals surface area contributed by atoms with Gasteiger partial charge in [-0.15, -0.1) is 0 Å². The van der Waals surface area contributed by atoms with Crippen LogP contribution in [-0.4, -0.2) is 22.5 Å². The van der Waals surface area contributed by atoms with Crippen molar-refractivity contribution < 1.29 is 33.4 Å². The Morgan fingerprint density at radius 3 is 2.24 bits per heavy atom. The highest BCUT2D eigenvalue weighted by atomic mass is 35.5. The van der Waals surface area contributed by atoms with Crippen LogP contribution in [0, 0.1) is 23.7 Å². The van der Waals surface area contributed by atoms with E-state index in [0.29, 0.717) is 23.0 Å². The lowest BCUT2D eigenvalue weighted by Gasteiger charge is -2.68. The molecule has 1 spiro atoms. The number of benzene rings is 1. The summed E-state index contributed by atoms with van der Waals surface area (Å²) < 4.78 is 22.4. The van der Waals surface area contributed by atoms with Crippen molar-refractivity contribution >= 4 is 25.5 Å². The molecule has 1 aliphatic heterocycles. The molecule has 1 unspecified atom stereocenters. The molecular formula is C20H24ClO7P. The fourth-order valence-corrected chi connectivity index (χ4v) is 7.35.